The SMILES string of the molecule is Cc1cc(OC(F)C(=O)O)cc(C(C)C)c1. The Morgan fingerprint density at radius 2 is 2.00 bits per heavy atom. The van der Waals surface area contributed by atoms with Crippen LogP contribution in [0, 0.1) is 6.92 Å². The van der Waals surface area contributed by atoms with Crippen molar-refractivity contribution < 1.29 is 19.0 Å². The summed E-state index contributed by atoms with van der Waals surface area (Å²) in [6, 6.07) is 5.24. The molecule has 4 heteroatoms. The molecule has 0 spiro atoms. The number of aliphatic carboxylic acids is 1. The Hall–Kier alpha value is -1.58. The van der Waals surface area contributed by atoms with Crippen molar-refractivity contribution in [1.29, 1.82) is 0 Å². The summed E-state index contributed by atoms with van der Waals surface area (Å²) < 4.78 is 17.5. The fraction of sp³-hybridized carbons (Fsp3) is 0.417. The van der Waals surface area contributed by atoms with Crippen molar-refractivity contribution in [3.05, 3.63) is 29.3 Å². The van der Waals surface area contributed by atoms with E-state index in [1.54, 1.807) is 12.1 Å². The molecule has 0 fully saturated rings. The van der Waals surface area contributed by atoms with Crippen LogP contribution in [0.4, 0.5) is 4.39 Å². The van der Waals surface area contributed by atoms with Gasteiger partial charge < -0.3 is 9.84 Å². The van der Waals surface area contributed by atoms with E-state index in [0.717, 1.165) is 11.1 Å². The summed E-state index contributed by atoms with van der Waals surface area (Å²) in [6.07, 6.45) is -2.32. The maximum atomic E-state index is 12.9. The Morgan fingerprint density at radius 1 is 1.38 bits per heavy atom. The molecule has 1 atom stereocenters. The van der Waals surface area contributed by atoms with Crippen LogP contribution in [0.1, 0.15) is 30.9 Å². The van der Waals surface area contributed by atoms with Crippen LogP contribution in [0.5, 0.6) is 5.75 Å². The highest BCUT2D eigenvalue weighted by Crippen LogP contribution is 2.23. The van der Waals surface area contributed by atoms with Gasteiger partial charge in [-0.05, 0) is 36.1 Å². The lowest BCUT2D eigenvalue weighted by molar-refractivity contribution is -0.153. The summed E-state index contributed by atoms with van der Waals surface area (Å²) in [5.41, 5.74) is 1.91. The third-order valence-corrected chi connectivity index (χ3v) is 2.17. The molecule has 88 valence electrons. The van der Waals surface area contributed by atoms with Gasteiger partial charge in [-0.15, -0.1) is 0 Å². The van der Waals surface area contributed by atoms with Crippen LogP contribution in [-0.2, 0) is 4.79 Å². The van der Waals surface area contributed by atoms with Crippen molar-refractivity contribution in [1.82, 2.24) is 0 Å². The van der Waals surface area contributed by atoms with Crippen molar-refractivity contribution in [3.63, 3.8) is 0 Å². The number of carboxylic acid groups (broad SMARTS) is 1. The average molecular weight is 226 g/mol. The Balaban J connectivity index is 2.92. The number of hydrogen-bond donors (Lipinski definition) is 1. The lowest BCUT2D eigenvalue weighted by atomic mass is 10.0. The number of halogens is 1. The van der Waals surface area contributed by atoms with Gasteiger partial charge in [-0.2, -0.15) is 4.39 Å². The number of alkyl halides is 1. The van der Waals surface area contributed by atoms with E-state index in [1.165, 1.54) is 0 Å². The third-order valence-electron chi connectivity index (χ3n) is 2.17. The fourth-order valence-corrected chi connectivity index (χ4v) is 1.35. The monoisotopic (exact) mass is 226 g/mol. The van der Waals surface area contributed by atoms with Crippen LogP contribution in [0.25, 0.3) is 0 Å². The normalized spacial score (nSPS) is 12.6. The van der Waals surface area contributed by atoms with Crippen LogP contribution in [-0.4, -0.2) is 17.4 Å². The van der Waals surface area contributed by atoms with E-state index >= 15 is 0 Å². The predicted octanol–water partition coefficient (Wildman–Crippen LogP) is 2.88. The van der Waals surface area contributed by atoms with Crippen molar-refractivity contribution in [2.24, 2.45) is 0 Å². The Morgan fingerprint density at radius 3 is 2.50 bits per heavy atom. The number of carboxylic acids is 1. The van der Waals surface area contributed by atoms with Crippen LogP contribution in [0.2, 0.25) is 0 Å². The second-order valence-corrected chi connectivity index (χ2v) is 4.01. The number of hydrogen-bond acceptors (Lipinski definition) is 2. The molecule has 3 nitrogen and oxygen atoms in total. The summed E-state index contributed by atoms with van der Waals surface area (Å²) in [5.74, 6) is -1.09. The van der Waals surface area contributed by atoms with Gasteiger partial charge in [-0.1, -0.05) is 19.9 Å². The number of rotatable bonds is 4. The highest BCUT2D eigenvalue weighted by molar-refractivity contribution is 5.70. The fourth-order valence-electron chi connectivity index (χ4n) is 1.35. The molecule has 0 bridgehead atoms. The zero-order chi connectivity index (χ0) is 12.3. The maximum Gasteiger partial charge on any atom is 0.378 e. The first-order valence-electron chi connectivity index (χ1n) is 5.05. The van der Waals surface area contributed by atoms with E-state index in [1.807, 2.05) is 26.8 Å². The summed E-state index contributed by atoms with van der Waals surface area (Å²) >= 11 is 0. The molecule has 1 rings (SSSR count). The molecule has 1 aromatic carbocycles. The van der Waals surface area contributed by atoms with Gasteiger partial charge >= 0.3 is 12.3 Å². The van der Waals surface area contributed by atoms with E-state index < -0.39 is 12.3 Å². The van der Waals surface area contributed by atoms with Crippen LogP contribution < -0.4 is 4.74 Å². The molecule has 0 amide bonds. The van der Waals surface area contributed by atoms with E-state index in [2.05, 4.69) is 4.74 Å². The van der Waals surface area contributed by atoms with Gasteiger partial charge in [0.05, 0.1) is 0 Å². The number of benzene rings is 1. The lowest BCUT2D eigenvalue weighted by Gasteiger charge is -2.12. The number of aryl methyl sites for hydroxylation is 1. The second kappa shape index (κ2) is 4.96. The molecule has 0 aromatic heterocycles. The minimum Gasteiger partial charge on any atom is -0.476 e. The predicted molar refractivity (Wildman–Crippen MR) is 58.4 cm³/mol. The summed E-state index contributed by atoms with van der Waals surface area (Å²) in [4.78, 5) is 10.3. The van der Waals surface area contributed by atoms with E-state index in [0.29, 0.717) is 0 Å². The zero-order valence-electron chi connectivity index (χ0n) is 9.53. The molecule has 0 aliphatic rings. The van der Waals surface area contributed by atoms with Gasteiger partial charge in [0.15, 0.2) is 0 Å². The molecule has 1 N–H and O–H groups in total. The zero-order valence-corrected chi connectivity index (χ0v) is 9.53. The molecule has 16 heavy (non-hydrogen) atoms. The lowest BCUT2D eigenvalue weighted by Crippen LogP contribution is -2.21. The highest BCUT2D eigenvalue weighted by atomic mass is 19.1. The first-order valence-corrected chi connectivity index (χ1v) is 5.05. The van der Waals surface area contributed by atoms with Gasteiger partial charge in [0.25, 0.3) is 0 Å². The van der Waals surface area contributed by atoms with Gasteiger partial charge in [0, 0.05) is 0 Å². The second-order valence-electron chi connectivity index (χ2n) is 4.01. The highest BCUT2D eigenvalue weighted by Gasteiger charge is 2.17. The molecule has 0 heterocycles. The topological polar surface area (TPSA) is 46.5 Å². The van der Waals surface area contributed by atoms with E-state index in [9.17, 15) is 9.18 Å². The minimum atomic E-state index is -2.32. The van der Waals surface area contributed by atoms with Gasteiger partial charge in [0.1, 0.15) is 5.75 Å². The Labute approximate surface area is 93.9 Å². The Kier molecular flexibility index (Phi) is 3.88. The van der Waals surface area contributed by atoms with Crippen LogP contribution in [0.15, 0.2) is 18.2 Å². The summed E-state index contributed by atoms with van der Waals surface area (Å²) in [6.45, 7) is 5.86. The average Bonchev–Trinajstić information content (AvgIpc) is 2.16. The molecule has 1 unspecified atom stereocenters. The third kappa shape index (κ3) is 3.22. The smallest absolute Gasteiger partial charge is 0.378 e. The van der Waals surface area contributed by atoms with Crippen molar-refractivity contribution in [2.45, 2.75) is 33.0 Å². The standard InChI is InChI=1S/C12H15FO3/c1-7(2)9-4-8(3)5-10(6-9)16-11(13)12(14)15/h4-7,11H,1-3H3,(H,14,15). The molecular formula is C12H15FO3. The van der Waals surface area contributed by atoms with Crippen molar-refractivity contribution in [3.8, 4) is 5.75 Å². The molecule has 1 aromatic rings. The summed E-state index contributed by atoms with van der Waals surface area (Å²) in [7, 11) is 0. The largest absolute Gasteiger partial charge is 0.476 e. The van der Waals surface area contributed by atoms with Crippen molar-refractivity contribution >= 4 is 5.97 Å². The maximum absolute atomic E-state index is 12.9. The van der Waals surface area contributed by atoms with Gasteiger partial charge in [0.2, 0.25) is 0 Å². The minimum absolute atomic E-state index is 0.249. The first kappa shape index (κ1) is 12.5. The first-order chi connectivity index (χ1) is 7.40. The van der Waals surface area contributed by atoms with E-state index in [4.69, 9.17) is 5.11 Å². The number of ether oxygens (including phenoxy) is 1. The molecule has 0 aliphatic carbocycles. The molecule has 0 aliphatic heterocycles. The molecule has 0 radical (unpaired) electrons. The quantitative estimate of drug-likeness (QED) is 0.858. The summed E-state index contributed by atoms with van der Waals surface area (Å²) in [5, 5.41) is 8.39. The van der Waals surface area contributed by atoms with Gasteiger partial charge in [-0.25, -0.2) is 4.79 Å². The Bertz CT molecular complexity index is 388. The molecule has 0 saturated carbocycles. The van der Waals surface area contributed by atoms with Gasteiger partial charge in [-0.3, -0.25) is 0 Å². The number of carbonyl (C=O) groups is 1. The molecular weight excluding hydrogens is 211 g/mol. The van der Waals surface area contributed by atoms with Crippen LogP contribution >= 0.6 is 0 Å². The van der Waals surface area contributed by atoms with Crippen molar-refractivity contribution in [2.75, 3.05) is 0 Å². The molecule has 0 saturated heterocycles. The van der Waals surface area contributed by atoms with E-state index in [-0.39, 0.29) is 11.7 Å². The van der Waals surface area contributed by atoms with Crippen LogP contribution in [0.3, 0.4) is 0 Å².